The molecular formula is C27H29FN6O2S. The summed E-state index contributed by atoms with van der Waals surface area (Å²) in [6.45, 7) is 6.80. The van der Waals surface area contributed by atoms with Crippen LogP contribution in [0, 0.1) is 18.7 Å². The number of halogens is 1. The molecule has 5 heterocycles. The van der Waals surface area contributed by atoms with Crippen LogP contribution in [0.25, 0.3) is 32.5 Å². The molecule has 4 aromatic heterocycles. The molecule has 0 bridgehead atoms. The molecule has 1 unspecified atom stereocenters. The van der Waals surface area contributed by atoms with Crippen LogP contribution < -0.4 is 0 Å². The molecule has 37 heavy (non-hydrogen) atoms. The van der Waals surface area contributed by atoms with Gasteiger partial charge in [-0.05, 0) is 74.8 Å². The highest BCUT2D eigenvalue weighted by atomic mass is 32.1. The van der Waals surface area contributed by atoms with E-state index in [2.05, 4.69) is 20.9 Å². The lowest BCUT2D eigenvalue weighted by molar-refractivity contribution is 0.0548. The third-order valence-corrected chi connectivity index (χ3v) is 8.14. The Kier molecular flexibility index (Phi) is 5.85. The Bertz CT molecular complexity index is 1570. The first-order valence-corrected chi connectivity index (χ1v) is 13.2. The van der Waals surface area contributed by atoms with Crippen LogP contribution in [0.1, 0.15) is 49.7 Å². The summed E-state index contributed by atoms with van der Waals surface area (Å²) in [6.07, 6.45) is 3.59. The van der Waals surface area contributed by atoms with Crippen molar-refractivity contribution < 1.29 is 14.2 Å². The van der Waals surface area contributed by atoms with E-state index in [0.717, 1.165) is 56.6 Å². The highest BCUT2D eigenvalue weighted by Gasteiger charge is 2.34. The maximum Gasteiger partial charge on any atom is 0.123 e. The first kappa shape index (κ1) is 24.1. The molecule has 10 heteroatoms. The van der Waals surface area contributed by atoms with Crippen LogP contribution in [0.15, 0.2) is 36.5 Å². The highest BCUT2D eigenvalue weighted by molar-refractivity contribution is 7.14. The Morgan fingerprint density at radius 2 is 1.92 bits per heavy atom. The molecule has 1 atom stereocenters. The number of aliphatic hydroxyl groups is 1. The van der Waals surface area contributed by atoms with Gasteiger partial charge in [-0.15, -0.1) is 5.10 Å². The maximum absolute atomic E-state index is 14.0. The lowest BCUT2D eigenvalue weighted by atomic mass is 9.86. The van der Waals surface area contributed by atoms with Crippen molar-refractivity contribution in [2.45, 2.75) is 45.3 Å². The van der Waals surface area contributed by atoms with Crippen molar-refractivity contribution in [1.29, 1.82) is 0 Å². The van der Waals surface area contributed by atoms with E-state index in [-0.39, 0.29) is 17.8 Å². The molecule has 0 saturated carbocycles. The van der Waals surface area contributed by atoms with E-state index in [4.69, 9.17) is 14.1 Å². The standard InChI is InChI=1S/C27H29FN6O2S/c1-15-22(33(4)32-30-15)18-13-20-21(29-14-18)25-24(26(31-37-25)27(2,3)35)34(20)23(17-9-11-36-12-10-17)16-5-7-19(28)8-6-16/h5-8,13-14,17,23,35H,9-12H2,1-4H3. The number of fused-ring (bicyclic) bond motifs is 3. The topological polar surface area (TPSA) is 90.9 Å². The SMILES string of the molecule is Cc1nnn(C)c1-c1cnc2c3snc(C(C)(C)O)c3n(C(c3ccc(F)cc3)C3CCOCC3)c2c1. The zero-order valence-corrected chi connectivity index (χ0v) is 22.1. The third kappa shape index (κ3) is 4.03. The molecule has 1 aliphatic rings. The average Bonchev–Trinajstić information content (AvgIpc) is 3.54. The fraction of sp³-hybridized carbons (Fsp3) is 0.407. The minimum Gasteiger partial charge on any atom is -0.384 e. The van der Waals surface area contributed by atoms with Crippen molar-refractivity contribution in [2.75, 3.05) is 13.2 Å². The summed E-state index contributed by atoms with van der Waals surface area (Å²) < 4.78 is 29.4. The van der Waals surface area contributed by atoms with Crippen molar-refractivity contribution in [3.63, 3.8) is 0 Å². The Labute approximate surface area is 217 Å². The molecule has 1 fully saturated rings. The summed E-state index contributed by atoms with van der Waals surface area (Å²) >= 11 is 1.35. The summed E-state index contributed by atoms with van der Waals surface area (Å²) in [7, 11) is 1.87. The van der Waals surface area contributed by atoms with Gasteiger partial charge in [-0.3, -0.25) is 4.98 Å². The fourth-order valence-electron chi connectivity index (χ4n) is 5.60. The monoisotopic (exact) mass is 520 g/mol. The number of pyridine rings is 1. The van der Waals surface area contributed by atoms with Crippen molar-refractivity contribution in [3.8, 4) is 11.3 Å². The van der Waals surface area contributed by atoms with E-state index in [1.807, 2.05) is 32.3 Å². The van der Waals surface area contributed by atoms with Crippen molar-refractivity contribution in [2.24, 2.45) is 13.0 Å². The maximum atomic E-state index is 14.0. The van der Waals surface area contributed by atoms with E-state index < -0.39 is 5.60 Å². The van der Waals surface area contributed by atoms with Gasteiger partial charge >= 0.3 is 0 Å². The van der Waals surface area contributed by atoms with Crippen LogP contribution in [0.5, 0.6) is 0 Å². The Hall–Kier alpha value is -3.21. The predicted molar refractivity (Wildman–Crippen MR) is 141 cm³/mol. The first-order valence-electron chi connectivity index (χ1n) is 12.5. The number of aromatic nitrogens is 6. The second-order valence-electron chi connectivity index (χ2n) is 10.3. The summed E-state index contributed by atoms with van der Waals surface area (Å²) in [5.41, 5.74) is 5.74. The summed E-state index contributed by atoms with van der Waals surface area (Å²) in [5.74, 6) is -0.0224. The summed E-state index contributed by atoms with van der Waals surface area (Å²) in [6, 6.07) is 8.77. The molecule has 0 spiro atoms. The van der Waals surface area contributed by atoms with Crippen LogP contribution in [-0.4, -0.2) is 47.2 Å². The molecular weight excluding hydrogens is 491 g/mol. The number of benzene rings is 1. The molecule has 1 saturated heterocycles. The number of hydrogen-bond acceptors (Lipinski definition) is 7. The quantitative estimate of drug-likeness (QED) is 0.345. The zero-order valence-electron chi connectivity index (χ0n) is 21.3. The van der Waals surface area contributed by atoms with Gasteiger partial charge in [-0.25, -0.2) is 9.07 Å². The zero-order chi connectivity index (χ0) is 25.9. The van der Waals surface area contributed by atoms with Gasteiger partial charge in [0, 0.05) is 32.0 Å². The highest BCUT2D eigenvalue weighted by Crippen LogP contribution is 2.44. The normalized spacial score (nSPS) is 16.2. The lowest BCUT2D eigenvalue weighted by Crippen LogP contribution is -2.28. The molecule has 1 aromatic carbocycles. The van der Waals surface area contributed by atoms with Gasteiger partial charge in [0.15, 0.2) is 0 Å². The van der Waals surface area contributed by atoms with Gasteiger partial charge in [-0.1, -0.05) is 17.3 Å². The molecule has 6 rings (SSSR count). The van der Waals surface area contributed by atoms with Gasteiger partial charge in [0.05, 0.1) is 33.2 Å². The third-order valence-electron chi connectivity index (χ3n) is 7.30. The van der Waals surface area contributed by atoms with Crippen LogP contribution in [0.4, 0.5) is 4.39 Å². The molecule has 192 valence electrons. The minimum absolute atomic E-state index is 0.121. The molecule has 8 nitrogen and oxygen atoms in total. The van der Waals surface area contributed by atoms with Crippen LogP contribution >= 0.6 is 11.5 Å². The van der Waals surface area contributed by atoms with Crippen molar-refractivity contribution in [1.82, 2.24) is 28.9 Å². The van der Waals surface area contributed by atoms with E-state index in [9.17, 15) is 9.50 Å². The van der Waals surface area contributed by atoms with Crippen molar-refractivity contribution in [3.05, 3.63) is 59.3 Å². The number of aryl methyl sites for hydroxylation is 2. The van der Waals surface area contributed by atoms with Crippen LogP contribution in [0.3, 0.4) is 0 Å². The van der Waals surface area contributed by atoms with Gasteiger partial charge in [0.1, 0.15) is 22.6 Å². The summed E-state index contributed by atoms with van der Waals surface area (Å²) in [5, 5.41) is 19.5. The Morgan fingerprint density at radius 1 is 1.19 bits per heavy atom. The second kappa shape index (κ2) is 8.97. The molecule has 5 aromatic rings. The van der Waals surface area contributed by atoms with Crippen molar-refractivity contribution >= 4 is 32.8 Å². The molecule has 1 N–H and O–H groups in total. The van der Waals surface area contributed by atoms with Gasteiger partial charge in [0.25, 0.3) is 0 Å². The average molecular weight is 521 g/mol. The number of ether oxygens (including phenoxy) is 1. The van der Waals surface area contributed by atoms with E-state index in [1.165, 1.54) is 23.7 Å². The van der Waals surface area contributed by atoms with E-state index >= 15 is 0 Å². The number of nitrogens with zero attached hydrogens (tertiary/aromatic N) is 6. The first-order chi connectivity index (χ1) is 17.7. The van der Waals surface area contributed by atoms with Gasteiger partial charge in [0.2, 0.25) is 0 Å². The lowest BCUT2D eigenvalue weighted by Gasteiger charge is -2.33. The van der Waals surface area contributed by atoms with Crippen LogP contribution in [0.2, 0.25) is 0 Å². The fourth-order valence-corrected chi connectivity index (χ4v) is 6.61. The predicted octanol–water partition coefficient (Wildman–Crippen LogP) is 5.13. The van der Waals surface area contributed by atoms with E-state index in [0.29, 0.717) is 18.9 Å². The second-order valence-corrected chi connectivity index (χ2v) is 11.1. The van der Waals surface area contributed by atoms with E-state index in [1.54, 1.807) is 18.5 Å². The number of rotatable bonds is 5. The smallest absolute Gasteiger partial charge is 0.123 e. The summed E-state index contributed by atoms with van der Waals surface area (Å²) in [4.78, 5) is 4.91. The van der Waals surface area contributed by atoms with Gasteiger partial charge < -0.3 is 14.4 Å². The van der Waals surface area contributed by atoms with Crippen LogP contribution in [-0.2, 0) is 17.4 Å². The molecule has 0 aliphatic carbocycles. The number of hydrogen-bond donors (Lipinski definition) is 1. The Morgan fingerprint density at radius 3 is 2.57 bits per heavy atom. The molecule has 0 amide bonds. The Balaban J connectivity index is 1.70. The van der Waals surface area contributed by atoms with Gasteiger partial charge in [-0.2, -0.15) is 4.37 Å². The minimum atomic E-state index is -1.15. The molecule has 0 radical (unpaired) electrons. The molecule has 1 aliphatic heterocycles. The largest absolute Gasteiger partial charge is 0.384 e.